The lowest BCUT2D eigenvalue weighted by atomic mass is 10.00. The fourth-order valence-corrected chi connectivity index (χ4v) is 11.8. The van der Waals surface area contributed by atoms with E-state index in [9.17, 15) is 43.2 Å². The number of hydrogen-bond acceptors (Lipinski definition) is 15. The predicted octanol–water partition coefficient (Wildman–Crippen LogP) is 19.2. The Balaban J connectivity index is 5.24. The molecule has 516 valence electrons. The topological polar surface area (TPSA) is 237 Å². The SMILES string of the molecule is CCCCCCCCCCCCCCCCCC(=O)O[C@H](COC(=O)CCCCCCCCCCCCCC)COP(=O)(O)OC[C@@H](O)COP(=O)(O)OC[C@@H](COC(=O)CCCCCCCCC(C)CC)OC(=O)CCCCCCCCCC(C)C. The van der Waals surface area contributed by atoms with Crippen LogP contribution in [0.1, 0.15) is 343 Å². The van der Waals surface area contributed by atoms with E-state index in [1.807, 2.05) is 0 Å². The van der Waals surface area contributed by atoms with Gasteiger partial charge in [0.2, 0.25) is 0 Å². The first kappa shape index (κ1) is 85.1. The molecular weight excluding hydrogens is 1150 g/mol. The van der Waals surface area contributed by atoms with Gasteiger partial charge in [0, 0.05) is 25.7 Å². The van der Waals surface area contributed by atoms with Crippen LogP contribution in [0.25, 0.3) is 0 Å². The van der Waals surface area contributed by atoms with Gasteiger partial charge < -0.3 is 33.8 Å². The van der Waals surface area contributed by atoms with E-state index in [-0.39, 0.29) is 25.7 Å². The van der Waals surface area contributed by atoms with Crippen LogP contribution in [0, 0.1) is 11.8 Å². The first-order valence-corrected chi connectivity index (χ1v) is 38.5. The molecule has 0 aliphatic heterocycles. The van der Waals surface area contributed by atoms with E-state index < -0.39 is 97.5 Å². The summed E-state index contributed by atoms with van der Waals surface area (Å²) in [6.45, 7) is 9.43. The van der Waals surface area contributed by atoms with Gasteiger partial charge in [0.25, 0.3) is 0 Å². The summed E-state index contributed by atoms with van der Waals surface area (Å²) in [6, 6.07) is 0. The van der Waals surface area contributed by atoms with Crippen molar-refractivity contribution in [2.75, 3.05) is 39.6 Å². The zero-order valence-electron chi connectivity index (χ0n) is 56.3. The van der Waals surface area contributed by atoms with Crippen molar-refractivity contribution in [3.63, 3.8) is 0 Å². The third kappa shape index (κ3) is 61.3. The fourth-order valence-electron chi connectivity index (χ4n) is 10.2. The molecule has 0 bridgehead atoms. The van der Waals surface area contributed by atoms with Crippen LogP contribution in [0.5, 0.6) is 0 Å². The second-order valence-corrected chi connectivity index (χ2v) is 28.2. The highest BCUT2D eigenvalue weighted by molar-refractivity contribution is 7.47. The molecule has 0 fully saturated rings. The third-order valence-corrected chi connectivity index (χ3v) is 18.0. The number of carbonyl (C=O) groups is 4. The Labute approximate surface area is 530 Å². The molecule has 6 atom stereocenters. The highest BCUT2D eigenvalue weighted by Crippen LogP contribution is 2.45. The smallest absolute Gasteiger partial charge is 0.462 e. The number of esters is 4. The first-order valence-electron chi connectivity index (χ1n) is 35.5. The first-order chi connectivity index (χ1) is 41.9. The average Bonchev–Trinajstić information content (AvgIpc) is 3.58. The second kappa shape index (κ2) is 60.3. The lowest BCUT2D eigenvalue weighted by Crippen LogP contribution is -2.30. The summed E-state index contributed by atoms with van der Waals surface area (Å²) < 4.78 is 68.2. The number of rotatable bonds is 67. The molecule has 17 nitrogen and oxygen atoms in total. The van der Waals surface area contributed by atoms with Gasteiger partial charge in [-0.3, -0.25) is 37.3 Å². The standard InChI is InChI=1S/C68H132O17P2/c1-7-10-12-14-16-18-20-22-23-24-26-28-32-40-46-52-67(72)84-63(56-78-65(70)50-44-38-31-27-25-21-19-17-15-13-11-8-2)58-82-86(74,75)80-54-62(69)55-81-87(76,77)83-59-64(85-68(73)53-47-41-33-29-30-36-42-48-60(4)5)57-79-66(71)51-45-39-35-34-37-43-49-61(6)9-3/h60-64,69H,7-59H2,1-6H3,(H,74,75)(H,76,77)/t61?,62-,63-,64-/m1/s1. The maximum atomic E-state index is 13.0. The molecule has 19 heteroatoms. The molecule has 0 aliphatic rings. The highest BCUT2D eigenvalue weighted by Gasteiger charge is 2.30. The van der Waals surface area contributed by atoms with E-state index >= 15 is 0 Å². The van der Waals surface area contributed by atoms with Crippen LogP contribution in [0.15, 0.2) is 0 Å². The van der Waals surface area contributed by atoms with Crippen LogP contribution in [0.3, 0.4) is 0 Å². The van der Waals surface area contributed by atoms with Crippen molar-refractivity contribution in [2.24, 2.45) is 11.8 Å². The maximum Gasteiger partial charge on any atom is 0.472 e. The van der Waals surface area contributed by atoms with E-state index in [4.69, 9.17) is 37.0 Å². The molecule has 0 aromatic heterocycles. The summed E-state index contributed by atoms with van der Waals surface area (Å²) in [5, 5.41) is 10.6. The quantitative estimate of drug-likeness (QED) is 0.0222. The Morgan fingerprint density at radius 3 is 0.874 bits per heavy atom. The van der Waals surface area contributed by atoms with Crippen LogP contribution in [-0.2, 0) is 65.4 Å². The van der Waals surface area contributed by atoms with E-state index in [1.165, 1.54) is 154 Å². The largest absolute Gasteiger partial charge is 0.472 e. The van der Waals surface area contributed by atoms with Crippen molar-refractivity contribution < 1.29 is 80.2 Å². The van der Waals surface area contributed by atoms with Gasteiger partial charge in [0.05, 0.1) is 26.4 Å². The maximum absolute atomic E-state index is 13.0. The monoisotopic (exact) mass is 1280 g/mol. The molecule has 0 aliphatic carbocycles. The summed E-state index contributed by atoms with van der Waals surface area (Å²) in [7, 11) is -9.89. The number of unbranched alkanes of at least 4 members (excludes halogenated alkanes) is 36. The fraction of sp³-hybridized carbons (Fsp3) is 0.941. The van der Waals surface area contributed by atoms with Crippen molar-refractivity contribution in [3.05, 3.63) is 0 Å². The van der Waals surface area contributed by atoms with E-state index in [1.54, 1.807) is 0 Å². The van der Waals surface area contributed by atoms with Gasteiger partial charge in [0.1, 0.15) is 19.3 Å². The molecule has 0 aromatic rings. The summed E-state index contributed by atoms with van der Waals surface area (Å²) in [4.78, 5) is 72.4. The van der Waals surface area contributed by atoms with Gasteiger partial charge in [-0.05, 0) is 37.5 Å². The number of carbonyl (C=O) groups excluding carboxylic acids is 4. The van der Waals surface area contributed by atoms with Gasteiger partial charge in [0.15, 0.2) is 12.2 Å². The number of hydrogen-bond donors (Lipinski definition) is 3. The van der Waals surface area contributed by atoms with Crippen LogP contribution in [0.4, 0.5) is 0 Å². The Hall–Kier alpha value is -1.94. The number of aliphatic hydroxyl groups is 1. The minimum Gasteiger partial charge on any atom is -0.462 e. The summed E-state index contributed by atoms with van der Waals surface area (Å²) in [5.41, 5.74) is 0. The van der Waals surface area contributed by atoms with Gasteiger partial charge in [-0.25, -0.2) is 9.13 Å². The predicted molar refractivity (Wildman–Crippen MR) is 349 cm³/mol. The molecule has 0 heterocycles. The minimum atomic E-state index is -4.95. The van der Waals surface area contributed by atoms with Crippen LogP contribution in [0.2, 0.25) is 0 Å². The minimum absolute atomic E-state index is 0.103. The van der Waals surface area contributed by atoms with Gasteiger partial charge in [-0.15, -0.1) is 0 Å². The number of ether oxygens (including phenoxy) is 4. The van der Waals surface area contributed by atoms with Crippen molar-refractivity contribution >= 4 is 39.5 Å². The normalized spacial score (nSPS) is 14.5. The van der Waals surface area contributed by atoms with Crippen molar-refractivity contribution in [3.8, 4) is 0 Å². The van der Waals surface area contributed by atoms with E-state index in [2.05, 4.69) is 41.5 Å². The van der Waals surface area contributed by atoms with Gasteiger partial charge in [-0.2, -0.15) is 0 Å². The Kier molecular flexibility index (Phi) is 59.0. The third-order valence-electron chi connectivity index (χ3n) is 16.1. The van der Waals surface area contributed by atoms with Crippen molar-refractivity contribution in [2.45, 2.75) is 362 Å². The Bertz CT molecular complexity index is 1700. The van der Waals surface area contributed by atoms with Crippen LogP contribution < -0.4 is 0 Å². The molecule has 3 unspecified atom stereocenters. The molecule has 87 heavy (non-hydrogen) atoms. The van der Waals surface area contributed by atoms with Gasteiger partial charge in [-0.1, -0.05) is 292 Å². The summed E-state index contributed by atoms with van der Waals surface area (Å²) in [5.74, 6) is -0.702. The molecule has 3 N–H and O–H groups in total. The van der Waals surface area contributed by atoms with Crippen molar-refractivity contribution in [1.82, 2.24) is 0 Å². The molecule has 0 spiro atoms. The summed E-state index contributed by atoms with van der Waals surface area (Å²) >= 11 is 0. The Morgan fingerprint density at radius 1 is 0.333 bits per heavy atom. The van der Waals surface area contributed by atoms with Crippen LogP contribution >= 0.6 is 15.6 Å². The lowest BCUT2D eigenvalue weighted by molar-refractivity contribution is -0.161. The Morgan fingerprint density at radius 2 is 0.586 bits per heavy atom. The number of aliphatic hydroxyl groups excluding tert-OH is 1. The van der Waals surface area contributed by atoms with E-state index in [0.29, 0.717) is 31.6 Å². The lowest BCUT2D eigenvalue weighted by Gasteiger charge is -2.21. The molecular formula is C68H132O17P2. The van der Waals surface area contributed by atoms with Crippen molar-refractivity contribution in [1.29, 1.82) is 0 Å². The molecule has 0 rings (SSSR count). The van der Waals surface area contributed by atoms with Crippen LogP contribution in [-0.4, -0.2) is 96.7 Å². The zero-order valence-corrected chi connectivity index (χ0v) is 58.1. The zero-order chi connectivity index (χ0) is 64.3. The average molecular weight is 1280 g/mol. The molecule has 0 aromatic carbocycles. The van der Waals surface area contributed by atoms with E-state index in [0.717, 1.165) is 102 Å². The number of phosphoric ester groups is 2. The molecule has 0 radical (unpaired) electrons. The molecule has 0 amide bonds. The highest BCUT2D eigenvalue weighted by atomic mass is 31.2. The second-order valence-electron chi connectivity index (χ2n) is 25.3. The summed E-state index contributed by atoms with van der Waals surface area (Å²) in [6.07, 6.45) is 44.5. The van der Waals surface area contributed by atoms with Gasteiger partial charge >= 0.3 is 39.5 Å². The molecule has 0 saturated carbocycles. The number of phosphoric acid groups is 2. The molecule has 0 saturated heterocycles.